The Hall–Kier alpha value is -2.31. The van der Waals surface area contributed by atoms with Gasteiger partial charge in [0.05, 0.1) is 6.61 Å². The minimum atomic E-state index is -0.398. The minimum absolute atomic E-state index is 0.122. The maximum Gasteiger partial charge on any atom is 0.409 e. The molecule has 0 bridgehead atoms. The minimum Gasteiger partial charge on any atom is -0.450 e. The van der Waals surface area contributed by atoms with Gasteiger partial charge in [-0.25, -0.2) is 4.79 Å². The van der Waals surface area contributed by atoms with E-state index in [1.165, 1.54) is 12.3 Å². The van der Waals surface area contributed by atoms with Gasteiger partial charge in [0, 0.05) is 32.4 Å². The summed E-state index contributed by atoms with van der Waals surface area (Å²) in [5, 5.41) is 0. The van der Waals surface area contributed by atoms with E-state index in [1.807, 2.05) is 0 Å². The lowest BCUT2D eigenvalue weighted by Crippen LogP contribution is -2.51. The van der Waals surface area contributed by atoms with E-state index < -0.39 is 5.56 Å². The predicted molar refractivity (Wildman–Crippen MR) is 71.6 cm³/mol. The Morgan fingerprint density at radius 3 is 2.50 bits per heavy atom. The summed E-state index contributed by atoms with van der Waals surface area (Å²) in [5.74, 6) is -0.310. The Morgan fingerprint density at radius 2 is 1.90 bits per heavy atom. The quantitative estimate of drug-likeness (QED) is 0.843. The second-order valence-electron chi connectivity index (χ2n) is 4.39. The van der Waals surface area contributed by atoms with Crippen molar-refractivity contribution < 1.29 is 14.3 Å². The zero-order valence-electron chi connectivity index (χ0n) is 11.3. The number of piperazine rings is 1. The average Bonchev–Trinajstić information content (AvgIpc) is 2.47. The monoisotopic (exact) mass is 279 g/mol. The zero-order chi connectivity index (χ0) is 14.5. The summed E-state index contributed by atoms with van der Waals surface area (Å²) in [4.78, 5) is 40.9. The Kier molecular flexibility index (Phi) is 4.39. The lowest BCUT2D eigenvalue weighted by atomic mass is 10.2. The van der Waals surface area contributed by atoms with Crippen molar-refractivity contribution in [2.45, 2.75) is 6.92 Å². The summed E-state index contributed by atoms with van der Waals surface area (Å²) >= 11 is 0. The summed E-state index contributed by atoms with van der Waals surface area (Å²) in [6, 6.07) is 3.11. The van der Waals surface area contributed by atoms with E-state index in [4.69, 9.17) is 4.74 Å². The third kappa shape index (κ3) is 2.98. The van der Waals surface area contributed by atoms with Crippen molar-refractivity contribution in [3.05, 3.63) is 34.2 Å². The number of rotatable bonds is 2. The van der Waals surface area contributed by atoms with Crippen LogP contribution in [0, 0.1) is 0 Å². The van der Waals surface area contributed by atoms with Crippen molar-refractivity contribution in [3.8, 4) is 0 Å². The normalized spacial score (nSPS) is 15.1. The van der Waals surface area contributed by atoms with Gasteiger partial charge in [0.2, 0.25) is 0 Å². The number of aromatic amines is 1. The van der Waals surface area contributed by atoms with Crippen molar-refractivity contribution in [3.63, 3.8) is 0 Å². The highest BCUT2D eigenvalue weighted by Gasteiger charge is 2.26. The number of amides is 2. The summed E-state index contributed by atoms with van der Waals surface area (Å²) < 4.78 is 4.91. The first-order chi connectivity index (χ1) is 9.63. The number of hydrogen-bond donors (Lipinski definition) is 1. The molecule has 20 heavy (non-hydrogen) atoms. The van der Waals surface area contributed by atoms with Crippen LogP contribution in [0.1, 0.15) is 17.3 Å². The van der Waals surface area contributed by atoms with Crippen LogP contribution in [-0.2, 0) is 4.74 Å². The van der Waals surface area contributed by atoms with Crippen molar-refractivity contribution in [1.82, 2.24) is 14.8 Å². The van der Waals surface area contributed by atoms with E-state index >= 15 is 0 Å². The molecular weight excluding hydrogens is 262 g/mol. The molecule has 0 unspecified atom stereocenters. The molecule has 1 fully saturated rings. The van der Waals surface area contributed by atoms with Gasteiger partial charge >= 0.3 is 6.09 Å². The molecule has 0 spiro atoms. The van der Waals surface area contributed by atoms with Crippen LogP contribution in [0.2, 0.25) is 0 Å². The number of nitrogens with zero attached hydrogens (tertiary/aromatic N) is 2. The van der Waals surface area contributed by atoms with Gasteiger partial charge in [0.1, 0.15) is 5.56 Å². The first-order valence-electron chi connectivity index (χ1n) is 6.52. The van der Waals surface area contributed by atoms with Crippen LogP contribution in [0.4, 0.5) is 4.79 Å². The standard InChI is InChI=1S/C13H17N3O4/c1-2-20-13(19)16-8-6-15(7-9-16)12(18)10-4-3-5-14-11(10)17/h3-5H,2,6-9H2,1H3,(H,14,17). The molecule has 1 N–H and O–H groups in total. The smallest absolute Gasteiger partial charge is 0.409 e. The summed E-state index contributed by atoms with van der Waals surface area (Å²) in [7, 11) is 0. The maximum absolute atomic E-state index is 12.2. The molecule has 0 radical (unpaired) electrons. The predicted octanol–water partition coefficient (Wildman–Crippen LogP) is 0.289. The second-order valence-corrected chi connectivity index (χ2v) is 4.39. The summed E-state index contributed by atoms with van der Waals surface area (Å²) in [5.41, 5.74) is -0.276. The molecule has 7 heteroatoms. The highest BCUT2D eigenvalue weighted by atomic mass is 16.6. The Bertz CT molecular complexity index is 547. The number of aromatic nitrogens is 1. The van der Waals surface area contributed by atoms with Crippen LogP contribution in [-0.4, -0.2) is 59.6 Å². The van der Waals surface area contributed by atoms with E-state index in [-0.39, 0.29) is 17.6 Å². The van der Waals surface area contributed by atoms with Crippen LogP contribution >= 0.6 is 0 Å². The molecule has 0 saturated carbocycles. The zero-order valence-corrected chi connectivity index (χ0v) is 11.3. The summed E-state index contributed by atoms with van der Waals surface area (Å²) in [6.45, 7) is 3.69. The van der Waals surface area contributed by atoms with Crippen LogP contribution in [0.5, 0.6) is 0 Å². The Balaban J connectivity index is 1.97. The van der Waals surface area contributed by atoms with Gasteiger partial charge in [0.15, 0.2) is 0 Å². The third-order valence-corrected chi connectivity index (χ3v) is 3.14. The number of pyridine rings is 1. The maximum atomic E-state index is 12.2. The first kappa shape index (κ1) is 14.1. The van der Waals surface area contributed by atoms with E-state index in [2.05, 4.69) is 4.98 Å². The fraction of sp³-hybridized carbons (Fsp3) is 0.462. The number of carbonyl (C=O) groups excluding carboxylic acids is 2. The number of nitrogens with one attached hydrogen (secondary N) is 1. The fourth-order valence-electron chi connectivity index (χ4n) is 2.07. The van der Waals surface area contributed by atoms with Crippen molar-refractivity contribution in [2.75, 3.05) is 32.8 Å². The molecule has 2 amide bonds. The number of ether oxygens (including phenoxy) is 1. The molecule has 1 aliphatic heterocycles. The van der Waals surface area contributed by atoms with Gasteiger partial charge in [-0.05, 0) is 19.1 Å². The van der Waals surface area contributed by atoms with Crippen LogP contribution in [0.15, 0.2) is 23.1 Å². The molecule has 2 heterocycles. The molecule has 0 aromatic carbocycles. The Morgan fingerprint density at radius 1 is 1.25 bits per heavy atom. The Labute approximate surface area is 116 Å². The third-order valence-electron chi connectivity index (χ3n) is 3.14. The topological polar surface area (TPSA) is 82.7 Å². The van der Waals surface area contributed by atoms with Crippen molar-refractivity contribution in [2.24, 2.45) is 0 Å². The van der Waals surface area contributed by atoms with E-state index in [0.717, 1.165) is 0 Å². The number of carbonyl (C=O) groups is 2. The fourth-order valence-corrected chi connectivity index (χ4v) is 2.07. The molecule has 108 valence electrons. The van der Waals surface area contributed by atoms with Crippen molar-refractivity contribution >= 4 is 12.0 Å². The van der Waals surface area contributed by atoms with Gasteiger partial charge in [0.25, 0.3) is 11.5 Å². The van der Waals surface area contributed by atoms with Gasteiger partial charge in [-0.3, -0.25) is 9.59 Å². The molecule has 1 aromatic rings. The molecule has 0 aliphatic carbocycles. The average molecular weight is 279 g/mol. The first-order valence-corrected chi connectivity index (χ1v) is 6.52. The summed E-state index contributed by atoms with van der Waals surface area (Å²) in [6.07, 6.45) is 1.12. The molecule has 2 rings (SSSR count). The van der Waals surface area contributed by atoms with Crippen molar-refractivity contribution in [1.29, 1.82) is 0 Å². The van der Waals surface area contributed by atoms with E-state index in [9.17, 15) is 14.4 Å². The lowest BCUT2D eigenvalue weighted by Gasteiger charge is -2.33. The van der Waals surface area contributed by atoms with E-state index in [1.54, 1.807) is 22.8 Å². The SMILES string of the molecule is CCOC(=O)N1CCN(C(=O)c2ccc[nH]c2=O)CC1. The second kappa shape index (κ2) is 6.23. The molecule has 0 atom stereocenters. The highest BCUT2D eigenvalue weighted by Crippen LogP contribution is 2.07. The van der Waals surface area contributed by atoms with Gasteiger partial charge in [-0.1, -0.05) is 0 Å². The molecule has 1 aliphatic rings. The molecule has 1 aromatic heterocycles. The molecular formula is C13H17N3O4. The van der Waals surface area contributed by atoms with Crippen LogP contribution < -0.4 is 5.56 Å². The van der Waals surface area contributed by atoms with Crippen LogP contribution in [0.3, 0.4) is 0 Å². The van der Waals surface area contributed by atoms with Gasteiger partial charge in [-0.2, -0.15) is 0 Å². The number of H-pyrrole nitrogens is 1. The van der Waals surface area contributed by atoms with Gasteiger partial charge < -0.3 is 19.5 Å². The highest BCUT2D eigenvalue weighted by molar-refractivity contribution is 5.93. The molecule has 7 nitrogen and oxygen atoms in total. The largest absolute Gasteiger partial charge is 0.450 e. The number of hydrogen-bond acceptors (Lipinski definition) is 4. The van der Waals surface area contributed by atoms with E-state index in [0.29, 0.717) is 32.8 Å². The van der Waals surface area contributed by atoms with Gasteiger partial charge in [-0.15, -0.1) is 0 Å². The molecule has 1 saturated heterocycles. The lowest BCUT2D eigenvalue weighted by molar-refractivity contribution is 0.0569. The van der Waals surface area contributed by atoms with Crippen LogP contribution in [0.25, 0.3) is 0 Å².